The fourth-order valence-electron chi connectivity index (χ4n) is 11.3. The fraction of sp³-hybridized carbons (Fsp3) is 0.818. The summed E-state index contributed by atoms with van der Waals surface area (Å²) in [6.07, 6.45) is 16.5. The van der Waals surface area contributed by atoms with E-state index in [1.807, 2.05) is 13.2 Å². The number of hydrogen-bond acceptors (Lipinski definition) is 5. The van der Waals surface area contributed by atoms with E-state index in [4.69, 9.17) is 9.47 Å². The van der Waals surface area contributed by atoms with E-state index >= 15 is 0 Å². The third-order valence-electron chi connectivity index (χ3n) is 13.2. The first-order valence-corrected chi connectivity index (χ1v) is 15.9. The number of methoxy groups -OCH3 is 1. The zero-order valence-corrected chi connectivity index (χ0v) is 23.5. The zero-order valence-electron chi connectivity index (χ0n) is 23.5. The van der Waals surface area contributed by atoms with E-state index in [0.717, 1.165) is 69.1 Å². The number of aromatic hydroxyl groups is 1. The van der Waals surface area contributed by atoms with E-state index in [9.17, 15) is 10.2 Å². The van der Waals surface area contributed by atoms with E-state index in [-0.39, 0.29) is 28.6 Å². The molecule has 2 N–H and O–H groups in total. The normalized spacial score (nSPS) is 43.0. The highest BCUT2D eigenvalue weighted by molar-refractivity contribution is 5.63. The van der Waals surface area contributed by atoms with Crippen molar-refractivity contribution in [2.24, 2.45) is 23.2 Å². The van der Waals surface area contributed by atoms with E-state index < -0.39 is 11.2 Å². The standard InChI is InChI=1S/C33H47NO4/c1-30(36,13-12-21-6-4-3-5-7-21)25-19-31-14-15-33(25,37-2)29-32(31)16-17-34(20-22-8-9-22)26(31)18-23-10-11-24(35)28(38-29)27(23)32/h10-11,21-22,25-26,29,35-36H,3-9,12-20H2,1-2H3/t25-,26-,29-,30-,31-,32+,33-/m1/s1. The Bertz CT molecular complexity index is 1120. The van der Waals surface area contributed by atoms with Crippen molar-refractivity contribution in [3.8, 4) is 11.5 Å². The quantitative estimate of drug-likeness (QED) is 0.480. The van der Waals surface area contributed by atoms with Crippen molar-refractivity contribution < 1.29 is 19.7 Å². The van der Waals surface area contributed by atoms with Crippen molar-refractivity contribution in [2.75, 3.05) is 20.2 Å². The van der Waals surface area contributed by atoms with E-state index in [1.54, 1.807) is 0 Å². The number of piperidine rings is 1. The van der Waals surface area contributed by atoms with Gasteiger partial charge < -0.3 is 19.7 Å². The number of rotatable bonds is 7. The van der Waals surface area contributed by atoms with Gasteiger partial charge in [-0.2, -0.15) is 0 Å². The lowest BCUT2D eigenvalue weighted by atomic mass is 9.33. The van der Waals surface area contributed by atoms with Gasteiger partial charge in [-0.1, -0.05) is 38.2 Å². The van der Waals surface area contributed by atoms with Gasteiger partial charge in [0.1, 0.15) is 11.7 Å². The SMILES string of the molecule is CO[C@]12CC[C@@]3(C[C@@H]1[C@](C)(O)CCC1CCCCC1)[C@H]1Cc4ccc(O)c5c4[C@@]3(CCN1CC1CC1)[C@H]2O5. The lowest BCUT2D eigenvalue weighted by Crippen LogP contribution is -2.82. The van der Waals surface area contributed by atoms with Crippen molar-refractivity contribution in [1.29, 1.82) is 0 Å². The highest BCUT2D eigenvalue weighted by Gasteiger charge is 2.81. The second-order valence-corrected chi connectivity index (χ2v) is 14.8. The second-order valence-electron chi connectivity index (χ2n) is 14.8. The number of phenolic OH excluding ortho intramolecular Hbond substituents is 1. The maximum Gasteiger partial charge on any atom is 0.165 e. The minimum atomic E-state index is -0.793. The van der Waals surface area contributed by atoms with Crippen LogP contribution >= 0.6 is 0 Å². The Kier molecular flexibility index (Phi) is 5.24. The molecule has 8 aliphatic rings. The maximum absolute atomic E-state index is 12.4. The molecule has 0 radical (unpaired) electrons. The van der Waals surface area contributed by atoms with E-state index in [1.165, 1.54) is 62.6 Å². The first-order chi connectivity index (χ1) is 18.3. The van der Waals surface area contributed by atoms with Gasteiger partial charge in [0.2, 0.25) is 0 Å². The average molecular weight is 522 g/mol. The lowest BCUT2D eigenvalue weighted by molar-refractivity contribution is -0.303. The molecule has 5 saturated carbocycles. The van der Waals surface area contributed by atoms with Crippen LogP contribution in [0.25, 0.3) is 0 Å². The van der Waals surface area contributed by atoms with Crippen molar-refractivity contribution >= 4 is 0 Å². The predicted octanol–water partition coefficient (Wildman–Crippen LogP) is 5.73. The molecule has 2 aliphatic heterocycles. The van der Waals surface area contributed by atoms with Gasteiger partial charge in [0, 0.05) is 42.0 Å². The minimum Gasteiger partial charge on any atom is -0.504 e. The molecule has 2 spiro atoms. The van der Waals surface area contributed by atoms with Gasteiger partial charge in [-0.15, -0.1) is 0 Å². The average Bonchev–Trinajstić information content (AvgIpc) is 3.67. The molecular formula is C33H47NO4. The summed E-state index contributed by atoms with van der Waals surface area (Å²) in [7, 11) is 1.87. The molecule has 1 aromatic carbocycles. The summed E-state index contributed by atoms with van der Waals surface area (Å²) in [5.74, 6) is 2.68. The molecule has 208 valence electrons. The molecule has 5 heteroatoms. The van der Waals surface area contributed by atoms with Crippen LogP contribution in [-0.2, 0) is 16.6 Å². The molecule has 0 aromatic heterocycles. The number of hydrogen-bond donors (Lipinski definition) is 2. The number of aliphatic hydroxyl groups is 1. The summed E-state index contributed by atoms with van der Waals surface area (Å²) in [6, 6.07) is 4.53. The van der Waals surface area contributed by atoms with Crippen LogP contribution in [0, 0.1) is 23.2 Å². The van der Waals surface area contributed by atoms with Gasteiger partial charge in [0.05, 0.1) is 5.60 Å². The Hall–Kier alpha value is -1.30. The van der Waals surface area contributed by atoms with Crippen LogP contribution in [0.5, 0.6) is 11.5 Å². The monoisotopic (exact) mass is 521 g/mol. The Morgan fingerprint density at radius 3 is 2.66 bits per heavy atom. The molecule has 0 amide bonds. The molecule has 9 rings (SSSR count). The van der Waals surface area contributed by atoms with Crippen molar-refractivity contribution in [3.63, 3.8) is 0 Å². The Morgan fingerprint density at radius 1 is 1.08 bits per heavy atom. The smallest absolute Gasteiger partial charge is 0.165 e. The third-order valence-corrected chi connectivity index (χ3v) is 13.2. The van der Waals surface area contributed by atoms with Gasteiger partial charge in [-0.3, -0.25) is 4.90 Å². The lowest BCUT2D eigenvalue weighted by Gasteiger charge is -2.75. The molecule has 6 fully saturated rings. The highest BCUT2D eigenvalue weighted by atomic mass is 16.6. The molecule has 1 aromatic rings. The first-order valence-electron chi connectivity index (χ1n) is 15.9. The number of benzene rings is 1. The largest absolute Gasteiger partial charge is 0.504 e. The molecule has 38 heavy (non-hydrogen) atoms. The van der Waals surface area contributed by atoms with Crippen molar-refractivity contribution in [2.45, 2.75) is 126 Å². The maximum atomic E-state index is 12.4. The Balaban J connectivity index is 1.23. The number of likely N-dealkylation sites (tertiary alicyclic amines) is 1. The van der Waals surface area contributed by atoms with Gasteiger partial charge in [0.25, 0.3) is 0 Å². The fourth-order valence-corrected chi connectivity index (χ4v) is 11.3. The van der Waals surface area contributed by atoms with Gasteiger partial charge in [-0.25, -0.2) is 0 Å². The molecule has 7 atom stereocenters. The van der Waals surface area contributed by atoms with Crippen LogP contribution in [0.15, 0.2) is 12.1 Å². The molecule has 1 saturated heterocycles. The molecule has 2 heterocycles. The third kappa shape index (κ3) is 3.00. The van der Waals surface area contributed by atoms with Crippen LogP contribution in [-0.4, -0.2) is 58.7 Å². The summed E-state index contributed by atoms with van der Waals surface area (Å²) in [5, 5.41) is 23.5. The number of ether oxygens (including phenoxy) is 2. The van der Waals surface area contributed by atoms with Crippen LogP contribution in [0.4, 0.5) is 0 Å². The van der Waals surface area contributed by atoms with Crippen molar-refractivity contribution in [1.82, 2.24) is 4.90 Å². The number of fused-ring (bicyclic) bond motifs is 2. The van der Waals surface area contributed by atoms with Crippen LogP contribution in [0.3, 0.4) is 0 Å². The summed E-state index contributed by atoms with van der Waals surface area (Å²) < 4.78 is 13.6. The molecular weight excluding hydrogens is 474 g/mol. The van der Waals surface area contributed by atoms with Gasteiger partial charge in [-0.05, 0) is 94.7 Å². The summed E-state index contributed by atoms with van der Waals surface area (Å²) >= 11 is 0. The summed E-state index contributed by atoms with van der Waals surface area (Å²) in [5.41, 5.74) is 1.32. The molecule has 6 aliphatic carbocycles. The van der Waals surface area contributed by atoms with Crippen LogP contribution in [0.1, 0.15) is 102 Å². The number of phenols is 1. The molecule has 4 bridgehead atoms. The Morgan fingerprint density at radius 2 is 1.89 bits per heavy atom. The van der Waals surface area contributed by atoms with Crippen LogP contribution in [0.2, 0.25) is 0 Å². The summed E-state index contributed by atoms with van der Waals surface area (Å²) in [4.78, 5) is 2.85. The number of nitrogens with zero attached hydrogens (tertiary/aromatic N) is 1. The molecule has 5 nitrogen and oxygen atoms in total. The first kappa shape index (κ1) is 24.5. The second kappa shape index (κ2) is 8.13. The van der Waals surface area contributed by atoms with Gasteiger partial charge in [0.15, 0.2) is 11.5 Å². The van der Waals surface area contributed by atoms with Crippen molar-refractivity contribution in [3.05, 3.63) is 23.3 Å². The zero-order chi connectivity index (χ0) is 25.9. The Labute approximate surface area is 228 Å². The predicted molar refractivity (Wildman–Crippen MR) is 147 cm³/mol. The topological polar surface area (TPSA) is 62.2 Å². The van der Waals surface area contributed by atoms with E-state index in [2.05, 4.69) is 17.9 Å². The summed E-state index contributed by atoms with van der Waals surface area (Å²) in [6.45, 7) is 4.46. The molecule has 0 unspecified atom stereocenters. The van der Waals surface area contributed by atoms with Gasteiger partial charge >= 0.3 is 0 Å². The minimum absolute atomic E-state index is 0.0387. The van der Waals surface area contributed by atoms with E-state index in [0.29, 0.717) is 6.04 Å². The highest BCUT2D eigenvalue weighted by Crippen LogP contribution is 2.77. The van der Waals surface area contributed by atoms with Crippen LogP contribution < -0.4 is 4.74 Å².